The molecule has 2 heterocycles. The average molecular weight is 279 g/mol. The molecular weight excluding hydrogens is 262 g/mol. The summed E-state index contributed by atoms with van der Waals surface area (Å²) < 4.78 is 5.30. The van der Waals surface area contributed by atoms with E-state index in [0.717, 1.165) is 18.1 Å². The molecule has 1 fully saturated rings. The van der Waals surface area contributed by atoms with Gasteiger partial charge in [0.2, 0.25) is 0 Å². The number of nitrogens with zero attached hydrogens (tertiary/aromatic N) is 2. The van der Waals surface area contributed by atoms with Gasteiger partial charge in [0.15, 0.2) is 5.78 Å². The van der Waals surface area contributed by atoms with Gasteiger partial charge in [-0.2, -0.15) is 5.26 Å². The summed E-state index contributed by atoms with van der Waals surface area (Å²) in [5.41, 5.74) is 6.72. The van der Waals surface area contributed by atoms with Crippen molar-refractivity contribution in [3.05, 3.63) is 10.4 Å². The lowest BCUT2D eigenvalue weighted by Gasteiger charge is -2.27. The number of thiophene rings is 1. The van der Waals surface area contributed by atoms with Gasteiger partial charge in [-0.25, -0.2) is 0 Å². The molecule has 1 aromatic rings. The summed E-state index contributed by atoms with van der Waals surface area (Å²) in [6, 6.07) is 2.13. The third-order valence-corrected chi connectivity index (χ3v) is 4.37. The van der Waals surface area contributed by atoms with Gasteiger partial charge in [0.05, 0.1) is 23.8 Å². The molecule has 0 saturated carbocycles. The van der Waals surface area contributed by atoms with Gasteiger partial charge in [-0.15, -0.1) is 11.3 Å². The van der Waals surface area contributed by atoms with Gasteiger partial charge in [-0.05, 0) is 0 Å². The number of nitrogens with two attached hydrogens (primary N) is 1. The van der Waals surface area contributed by atoms with Crippen LogP contribution in [0.4, 0.5) is 10.7 Å². The largest absolute Gasteiger partial charge is 0.396 e. The molecule has 102 valence electrons. The van der Waals surface area contributed by atoms with Gasteiger partial charge in [-0.3, -0.25) is 4.79 Å². The van der Waals surface area contributed by atoms with Gasteiger partial charge in [-0.1, -0.05) is 13.8 Å². The van der Waals surface area contributed by atoms with E-state index in [2.05, 4.69) is 11.0 Å². The Balaban J connectivity index is 2.41. The van der Waals surface area contributed by atoms with E-state index < -0.39 is 0 Å². The van der Waals surface area contributed by atoms with Crippen LogP contribution in [-0.4, -0.2) is 32.1 Å². The SMILES string of the molecule is CC(C)C(=O)c1sc(N2CCOCC2)c(C#N)c1N. The number of hydrogen-bond donors (Lipinski definition) is 1. The molecule has 0 atom stereocenters. The number of nitrogen functional groups attached to an aromatic ring is 1. The molecule has 0 amide bonds. The van der Waals surface area contributed by atoms with E-state index in [1.165, 1.54) is 11.3 Å². The van der Waals surface area contributed by atoms with Crippen molar-refractivity contribution in [1.82, 2.24) is 0 Å². The number of carbonyl (C=O) groups excluding carboxylic acids is 1. The molecule has 1 aliphatic heterocycles. The van der Waals surface area contributed by atoms with Crippen molar-refractivity contribution in [2.24, 2.45) is 5.92 Å². The fourth-order valence-electron chi connectivity index (χ4n) is 1.97. The molecule has 0 spiro atoms. The standard InChI is InChI=1S/C13H17N3O2S/c1-8(2)11(17)12-10(15)9(7-14)13(19-12)16-3-5-18-6-4-16/h8H,3-6,15H2,1-2H3. The molecule has 5 nitrogen and oxygen atoms in total. The molecule has 6 heteroatoms. The van der Waals surface area contributed by atoms with Crippen molar-refractivity contribution in [3.8, 4) is 6.07 Å². The summed E-state index contributed by atoms with van der Waals surface area (Å²) >= 11 is 1.33. The molecular formula is C13H17N3O2S. The van der Waals surface area contributed by atoms with Crippen LogP contribution in [0.15, 0.2) is 0 Å². The second-order valence-corrected chi connectivity index (χ2v) is 5.75. The summed E-state index contributed by atoms with van der Waals surface area (Å²) in [6.45, 7) is 6.39. The summed E-state index contributed by atoms with van der Waals surface area (Å²) in [7, 11) is 0. The Kier molecular flexibility index (Phi) is 4.08. The van der Waals surface area contributed by atoms with Crippen LogP contribution in [0, 0.1) is 17.2 Å². The van der Waals surface area contributed by atoms with Crippen LogP contribution < -0.4 is 10.6 Å². The monoisotopic (exact) mass is 279 g/mol. The van der Waals surface area contributed by atoms with E-state index in [1.54, 1.807) is 0 Å². The van der Waals surface area contributed by atoms with E-state index >= 15 is 0 Å². The molecule has 0 radical (unpaired) electrons. The third-order valence-electron chi connectivity index (χ3n) is 3.08. The molecule has 1 aliphatic rings. The molecule has 0 aromatic carbocycles. The summed E-state index contributed by atoms with van der Waals surface area (Å²) in [6.07, 6.45) is 0. The maximum atomic E-state index is 12.1. The van der Waals surface area contributed by atoms with E-state index in [1.807, 2.05) is 13.8 Å². The fraction of sp³-hybridized carbons (Fsp3) is 0.538. The lowest BCUT2D eigenvalue weighted by Crippen LogP contribution is -2.36. The molecule has 1 aromatic heterocycles. The predicted molar refractivity (Wildman–Crippen MR) is 75.6 cm³/mol. The third kappa shape index (κ3) is 2.57. The highest BCUT2D eigenvalue weighted by Gasteiger charge is 2.26. The number of rotatable bonds is 3. The Hall–Kier alpha value is -1.58. The molecule has 0 bridgehead atoms. The Morgan fingerprint density at radius 3 is 2.63 bits per heavy atom. The minimum absolute atomic E-state index is 0.00138. The Morgan fingerprint density at radius 2 is 2.11 bits per heavy atom. The number of Topliss-reactive ketones (excluding diaryl/α,β-unsaturated/α-hetero) is 1. The Labute approximate surface area is 116 Å². The molecule has 19 heavy (non-hydrogen) atoms. The van der Waals surface area contributed by atoms with E-state index in [9.17, 15) is 10.1 Å². The number of nitriles is 1. The zero-order valence-electron chi connectivity index (χ0n) is 11.1. The first-order valence-corrected chi connectivity index (χ1v) is 7.07. The zero-order valence-corrected chi connectivity index (χ0v) is 11.9. The number of ether oxygens (including phenoxy) is 1. The van der Waals surface area contributed by atoms with Crippen LogP contribution in [-0.2, 0) is 4.74 Å². The highest BCUT2D eigenvalue weighted by Crippen LogP contribution is 2.39. The maximum Gasteiger partial charge on any atom is 0.177 e. The second kappa shape index (κ2) is 5.59. The zero-order chi connectivity index (χ0) is 14.0. The molecule has 1 saturated heterocycles. The average Bonchev–Trinajstić information content (AvgIpc) is 2.75. The molecule has 2 N–H and O–H groups in total. The number of morpholine rings is 1. The number of hydrogen-bond acceptors (Lipinski definition) is 6. The van der Waals surface area contributed by atoms with Crippen molar-refractivity contribution in [1.29, 1.82) is 5.26 Å². The molecule has 0 aliphatic carbocycles. The second-order valence-electron chi connectivity index (χ2n) is 4.76. The lowest BCUT2D eigenvalue weighted by molar-refractivity contribution is 0.0944. The first-order chi connectivity index (χ1) is 9.06. The van der Waals surface area contributed by atoms with E-state index in [-0.39, 0.29) is 11.7 Å². The highest BCUT2D eigenvalue weighted by molar-refractivity contribution is 7.19. The van der Waals surface area contributed by atoms with Crippen LogP contribution in [0.3, 0.4) is 0 Å². The van der Waals surface area contributed by atoms with Crippen molar-refractivity contribution in [3.63, 3.8) is 0 Å². The topological polar surface area (TPSA) is 79.3 Å². The normalized spacial score (nSPS) is 15.6. The van der Waals surface area contributed by atoms with Gasteiger partial charge in [0, 0.05) is 19.0 Å². The van der Waals surface area contributed by atoms with Crippen LogP contribution >= 0.6 is 11.3 Å². The quantitative estimate of drug-likeness (QED) is 0.854. The summed E-state index contributed by atoms with van der Waals surface area (Å²) in [5, 5.41) is 10.1. The van der Waals surface area contributed by atoms with E-state index in [0.29, 0.717) is 29.3 Å². The minimum atomic E-state index is -0.120. The van der Waals surface area contributed by atoms with Crippen LogP contribution in [0.1, 0.15) is 29.1 Å². The van der Waals surface area contributed by atoms with Crippen molar-refractivity contribution < 1.29 is 9.53 Å². The first kappa shape index (κ1) is 13.8. The number of anilines is 2. The maximum absolute atomic E-state index is 12.1. The summed E-state index contributed by atoms with van der Waals surface area (Å²) in [4.78, 5) is 14.7. The van der Waals surface area contributed by atoms with Crippen LogP contribution in [0.5, 0.6) is 0 Å². The van der Waals surface area contributed by atoms with Gasteiger partial charge >= 0.3 is 0 Å². The molecule has 2 rings (SSSR count). The van der Waals surface area contributed by atoms with Crippen LogP contribution in [0.25, 0.3) is 0 Å². The molecule has 0 unspecified atom stereocenters. The summed E-state index contributed by atoms with van der Waals surface area (Å²) in [5.74, 6) is -0.122. The fourth-order valence-corrected chi connectivity index (χ4v) is 3.28. The van der Waals surface area contributed by atoms with Crippen molar-refractivity contribution in [2.75, 3.05) is 36.9 Å². The minimum Gasteiger partial charge on any atom is -0.396 e. The van der Waals surface area contributed by atoms with Crippen LogP contribution in [0.2, 0.25) is 0 Å². The highest BCUT2D eigenvalue weighted by atomic mass is 32.1. The van der Waals surface area contributed by atoms with Gasteiger partial charge < -0.3 is 15.4 Å². The lowest BCUT2D eigenvalue weighted by atomic mass is 10.1. The van der Waals surface area contributed by atoms with E-state index in [4.69, 9.17) is 10.5 Å². The van der Waals surface area contributed by atoms with Crippen molar-refractivity contribution in [2.45, 2.75) is 13.8 Å². The smallest absolute Gasteiger partial charge is 0.177 e. The van der Waals surface area contributed by atoms with Gasteiger partial charge in [0.25, 0.3) is 0 Å². The number of ketones is 1. The van der Waals surface area contributed by atoms with Crippen molar-refractivity contribution >= 4 is 27.8 Å². The predicted octanol–water partition coefficient (Wildman–Crippen LogP) is 1.88. The van der Waals surface area contributed by atoms with Gasteiger partial charge in [0.1, 0.15) is 16.6 Å². The number of carbonyl (C=O) groups is 1. The first-order valence-electron chi connectivity index (χ1n) is 6.25. The Morgan fingerprint density at radius 1 is 1.47 bits per heavy atom. The Bertz CT molecular complexity index is 525.